The summed E-state index contributed by atoms with van der Waals surface area (Å²) in [7, 11) is 0. The van der Waals surface area contributed by atoms with Crippen LogP contribution < -0.4 is 5.32 Å². The highest BCUT2D eigenvalue weighted by atomic mass is 79.9. The van der Waals surface area contributed by atoms with Crippen molar-refractivity contribution in [3.05, 3.63) is 16.1 Å². The van der Waals surface area contributed by atoms with Gasteiger partial charge in [0.2, 0.25) is 0 Å². The second-order valence-corrected chi connectivity index (χ2v) is 5.56. The third kappa shape index (κ3) is 4.30. The molecule has 1 rings (SSSR count). The van der Waals surface area contributed by atoms with Crippen LogP contribution in [-0.2, 0) is 0 Å². The number of aromatic nitrogens is 1. The van der Waals surface area contributed by atoms with Gasteiger partial charge in [0.1, 0.15) is 4.88 Å². The van der Waals surface area contributed by atoms with Crippen LogP contribution in [0.15, 0.2) is 6.20 Å². The summed E-state index contributed by atoms with van der Waals surface area (Å²) in [5, 5.41) is 4.81. The number of rotatable bonds is 5. The van der Waals surface area contributed by atoms with Gasteiger partial charge in [-0.2, -0.15) is 0 Å². The number of aryl methyl sites for hydroxylation is 1. The highest BCUT2D eigenvalue weighted by molar-refractivity contribution is 9.09. The van der Waals surface area contributed by atoms with Crippen molar-refractivity contribution in [2.45, 2.75) is 20.3 Å². The largest absolute Gasteiger partial charge is 0.351 e. The molecule has 0 fully saturated rings. The SMILES string of the molecule is Cc1ncc(C(=O)NCC(C)CCBr)s1. The fourth-order valence-electron chi connectivity index (χ4n) is 1.11. The Morgan fingerprint density at radius 1 is 1.73 bits per heavy atom. The molecule has 3 nitrogen and oxygen atoms in total. The average Bonchev–Trinajstić information content (AvgIpc) is 2.62. The van der Waals surface area contributed by atoms with E-state index in [2.05, 4.69) is 33.2 Å². The molecule has 84 valence electrons. The van der Waals surface area contributed by atoms with Gasteiger partial charge in [0, 0.05) is 11.9 Å². The Bertz CT molecular complexity index is 327. The zero-order valence-corrected chi connectivity index (χ0v) is 11.3. The van der Waals surface area contributed by atoms with E-state index in [-0.39, 0.29) is 5.91 Å². The molecule has 5 heteroatoms. The van der Waals surface area contributed by atoms with Crippen LogP contribution in [-0.4, -0.2) is 22.8 Å². The van der Waals surface area contributed by atoms with Crippen LogP contribution >= 0.6 is 27.3 Å². The summed E-state index contributed by atoms with van der Waals surface area (Å²) in [6.45, 7) is 4.75. The summed E-state index contributed by atoms with van der Waals surface area (Å²) in [4.78, 5) is 16.4. The van der Waals surface area contributed by atoms with Gasteiger partial charge in [-0.25, -0.2) is 4.98 Å². The number of amides is 1. The summed E-state index contributed by atoms with van der Waals surface area (Å²) in [6, 6.07) is 0. The van der Waals surface area contributed by atoms with Gasteiger partial charge in [0.15, 0.2) is 0 Å². The lowest BCUT2D eigenvalue weighted by atomic mass is 10.1. The zero-order valence-electron chi connectivity index (χ0n) is 8.92. The number of alkyl halides is 1. The van der Waals surface area contributed by atoms with Crippen LogP contribution in [0.4, 0.5) is 0 Å². The third-order valence-electron chi connectivity index (χ3n) is 2.06. The fourth-order valence-corrected chi connectivity index (χ4v) is 2.58. The molecule has 15 heavy (non-hydrogen) atoms. The Morgan fingerprint density at radius 3 is 3.00 bits per heavy atom. The van der Waals surface area contributed by atoms with E-state index in [1.807, 2.05) is 6.92 Å². The molecule has 1 aromatic rings. The van der Waals surface area contributed by atoms with E-state index in [0.29, 0.717) is 10.8 Å². The monoisotopic (exact) mass is 290 g/mol. The van der Waals surface area contributed by atoms with Gasteiger partial charge < -0.3 is 5.32 Å². The van der Waals surface area contributed by atoms with Gasteiger partial charge >= 0.3 is 0 Å². The van der Waals surface area contributed by atoms with Crippen molar-refractivity contribution < 1.29 is 4.79 Å². The summed E-state index contributed by atoms with van der Waals surface area (Å²) < 4.78 is 0. The van der Waals surface area contributed by atoms with Crippen molar-refractivity contribution in [1.82, 2.24) is 10.3 Å². The second-order valence-electron chi connectivity index (χ2n) is 3.54. The molecule has 0 spiro atoms. The predicted octanol–water partition coefficient (Wildman–Crippen LogP) is 2.60. The van der Waals surface area contributed by atoms with Gasteiger partial charge in [0.05, 0.1) is 11.2 Å². The highest BCUT2D eigenvalue weighted by Gasteiger charge is 2.09. The molecule has 0 aliphatic heterocycles. The van der Waals surface area contributed by atoms with E-state index in [1.165, 1.54) is 11.3 Å². The molecule has 0 aliphatic carbocycles. The first-order chi connectivity index (χ1) is 7.13. The zero-order chi connectivity index (χ0) is 11.3. The molecular formula is C10H15BrN2OS. The highest BCUT2D eigenvalue weighted by Crippen LogP contribution is 2.11. The molecule has 0 aliphatic rings. The Balaban J connectivity index is 2.36. The fraction of sp³-hybridized carbons (Fsp3) is 0.600. The van der Waals surface area contributed by atoms with Crippen LogP contribution in [0, 0.1) is 12.8 Å². The average molecular weight is 291 g/mol. The first kappa shape index (κ1) is 12.6. The van der Waals surface area contributed by atoms with Gasteiger partial charge in [-0.05, 0) is 19.3 Å². The molecule has 1 N–H and O–H groups in total. The third-order valence-corrected chi connectivity index (χ3v) is 3.43. The molecular weight excluding hydrogens is 276 g/mol. The number of thiazole rings is 1. The van der Waals surface area contributed by atoms with Crippen LogP contribution in [0.1, 0.15) is 28.0 Å². The number of hydrogen-bond acceptors (Lipinski definition) is 3. The molecule has 1 aromatic heterocycles. The Labute approximate surface area is 102 Å². The minimum absolute atomic E-state index is 0.0120. The summed E-state index contributed by atoms with van der Waals surface area (Å²) in [5.74, 6) is 0.490. The van der Waals surface area contributed by atoms with Crippen molar-refractivity contribution in [3.63, 3.8) is 0 Å². The second kappa shape index (κ2) is 6.23. The standard InChI is InChI=1S/C10H15BrN2OS/c1-7(3-4-11)5-13-10(14)9-6-12-8(2)15-9/h6-7H,3-5H2,1-2H3,(H,13,14). The van der Waals surface area contributed by atoms with Crippen molar-refractivity contribution in [1.29, 1.82) is 0 Å². The Morgan fingerprint density at radius 2 is 2.47 bits per heavy atom. The normalized spacial score (nSPS) is 12.5. The number of halogens is 1. The maximum Gasteiger partial charge on any atom is 0.263 e. The van der Waals surface area contributed by atoms with E-state index in [1.54, 1.807) is 6.20 Å². The number of nitrogens with one attached hydrogen (secondary N) is 1. The molecule has 1 unspecified atom stereocenters. The van der Waals surface area contributed by atoms with E-state index in [4.69, 9.17) is 0 Å². The topological polar surface area (TPSA) is 42.0 Å². The van der Waals surface area contributed by atoms with Crippen molar-refractivity contribution >= 4 is 33.2 Å². The minimum atomic E-state index is -0.0120. The summed E-state index contributed by atoms with van der Waals surface area (Å²) in [5.41, 5.74) is 0. The maximum atomic E-state index is 11.6. The maximum absolute atomic E-state index is 11.6. The predicted molar refractivity (Wildman–Crippen MR) is 66.8 cm³/mol. The molecule has 0 radical (unpaired) electrons. The van der Waals surface area contributed by atoms with Crippen LogP contribution in [0.2, 0.25) is 0 Å². The van der Waals surface area contributed by atoms with Crippen molar-refractivity contribution in [3.8, 4) is 0 Å². The van der Waals surface area contributed by atoms with Gasteiger partial charge in [-0.3, -0.25) is 4.79 Å². The lowest BCUT2D eigenvalue weighted by molar-refractivity contribution is 0.0952. The minimum Gasteiger partial charge on any atom is -0.351 e. The number of carbonyl (C=O) groups excluding carboxylic acids is 1. The number of carbonyl (C=O) groups is 1. The molecule has 0 saturated carbocycles. The molecule has 0 saturated heterocycles. The number of hydrogen-bond donors (Lipinski definition) is 1. The molecule has 1 heterocycles. The molecule has 1 amide bonds. The number of nitrogens with zero attached hydrogens (tertiary/aromatic N) is 1. The molecule has 0 bridgehead atoms. The Kier molecular flexibility index (Phi) is 5.25. The lowest BCUT2D eigenvalue weighted by Crippen LogP contribution is -2.27. The van der Waals surface area contributed by atoms with Crippen LogP contribution in [0.5, 0.6) is 0 Å². The smallest absolute Gasteiger partial charge is 0.263 e. The van der Waals surface area contributed by atoms with Crippen LogP contribution in [0.3, 0.4) is 0 Å². The molecule has 0 aromatic carbocycles. The Hall–Kier alpha value is -0.420. The summed E-state index contributed by atoms with van der Waals surface area (Å²) in [6.07, 6.45) is 2.70. The lowest BCUT2D eigenvalue weighted by Gasteiger charge is -2.09. The first-order valence-corrected chi connectivity index (χ1v) is 6.84. The molecule has 1 atom stereocenters. The van der Waals surface area contributed by atoms with E-state index >= 15 is 0 Å². The van der Waals surface area contributed by atoms with Crippen molar-refractivity contribution in [2.24, 2.45) is 5.92 Å². The van der Waals surface area contributed by atoms with Crippen LogP contribution in [0.25, 0.3) is 0 Å². The summed E-state index contributed by atoms with van der Waals surface area (Å²) >= 11 is 4.81. The van der Waals surface area contributed by atoms with Gasteiger partial charge in [-0.15, -0.1) is 11.3 Å². The van der Waals surface area contributed by atoms with E-state index < -0.39 is 0 Å². The van der Waals surface area contributed by atoms with Gasteiger partial charge in [0.25, 0.3) is 5.91 Å². The quantitative estimate of drug-likeness (QED) is 0.847. The van der Waals surface area contributed by atoms with E-state index in [0.717, 1.165) is 23.3 Å². The van der Waals surface area contributed by atoms with Crippen molar-refractivity contribution in [2.75, 3.05) is 11.9 Å². The van der Waals surface area contributed by atoms with E-state index in [9.17, 15) is 4.79 Å². The first-order valence-electron chi connectivity index (χ1n) is 4.90. The van der Waals surface area contributed by atoms with Gasteiger partial charge in [-0.1, -0.05) is 22.9 Å².